The molecule has 2 nitrogen and oxygen atoms in total. The van der Waals surface area contributed by atoms with Crippen LogP contribution in [-0.2, 0) is 14.1 Å². The molecule has 0 N–H and O–H groups in total. The average Bonchev–Trinajstić information content (AvgIpc) is 2.69. The molecule has 114 valence electrons. The second kappa shape index (κ2) is 7.43. The maximum Gasteiger partial charge on any atom is 0.238 e. The van der Waals surface area contributed by atoms with E-state index in [-0.39, 0.29) is 24.0 Å². The summed E-state index contributed by atoms with van der Waals surface area (Å²) >= 11 is 0. The number of hydrogen-bond acceptors (Lipinski definition) is 0. The van der Waals surface area contributed by atoms with Crippen LogP contribution in [-0.4, -0.2) is 4.68 Å². The lowest BCUT2D eigenvalue weighted by Gasteiger charge is -2.12. The molecule has 0 bridgehead atoms. The summed E-state index contributed by atoms with van der Waals surface area (Å²) < 4.78 is 4.63. The lowest BCUT2D eigenvalue weighted by Crippen LogP contribution is -3.00. The van der Waals surface area contributed by atoms with E-state index in [4.69, 9.17) is 0 Å². The molecule has 0 saturated heterocycles. The molecule has 0 radical (unpaired) electrons. The summed E-state index contributed by atoms with van der Waals surface area (Å²) in [5.74, 6) is 0.742. The topological polar surface area (TPSA) is 8.81 Å². The monoisotopic (exact) mass is 396 g/mol. The fourth-order valence-electron chi connectivity index (χ4n) is 3.50. The number of hydrogen-bond donors (Lipinski definition) is 0. The summed E-state index contributed by atoms with van der Waals surface area (Å²) in [5, 5.41) is 0. The number of rotatable bonds is 2. The van der Waals surface area contributed by atoms with Crippen molar-refractivity contribution in [2.75, 3.05) is 0 Å². The third-order valence-electron chi connectivity index (χ3n) is 4.80. The summed E-state index contributed by atoms with van der Waals surface area (Å²) in [4.78, 5) is 0. The van der Waals surface area contributed by atoms with Gasteiger partial charge >= 0.3 is 0 Å². The molecule has 1 heterocycles. The van der Waals surface area contributed by atoms with Crippen LogP contribution in [0.2, 0.25) is 0 Å². The molecule has 0 spiro atoms. The fraction of sp³-hybridized carbons (Fsp3) is 0.500. The van der Waals surface area contributed by atoms with E-state index in [9.17, 15) is 0 Å². The van der Waals surface area contributed by atoms with Crippen LogP contribution in [0.3, 0.4) is 0 Å². The molecular weight excluding hydrogens is 371 g/mol. The Kier molecular flexibility index (Phi) is 5.85. The molecule has 0 atom stereocenters. The highest BCUT2D eigenvalue weighted by molar-refractivity contribution is 5.56. The molecule has 3 heteroatoms. The quantitative estimate of drug-likeness (QED) is 0.406. The molecule has 0 unspecified atom stereocenters. The zero-order valence-electron chi connectivity index (χ0n) is 13.1. The highest BCUT2D eigenvalue weighted by Gasteiger charge is 2.25. The standard InChI is InChI=1S/C18H25N2.HI/c1-19-17(15-10-6-3-4-7-11-15)14-18(20(19)2)16-12-8-5-9-13-16;/h5,8-9,12-15H,3-4,6-7,10-11H2,1-2H3;1H/q+1;/p-1. The third kappa shape index (κ3) is 3.50. The molecule has 0 amide bonds. The third-order valence-corrected chi connectivity index (χ3v) is 4.80. The van der Waals surface area contributed by atoms with Gasteiger partial charge in [0.1, 0.15) is 0 Å². The fourth-order valence-corrected chi connectivity index (χ4v) is 3.50. The SMILES string of the molecule is Cn1c(C2CCCCCC2)cc(-c2ccccc2)[n+]1C.[I-]. The summed E-state index contributed by atoms with van der Waals surface area (Å²) in [5.41, 5.74) is 4.14. The van der Waals surface area contributed by atoms with Gasteiger partial charge < -0.3 is 24.0 Å². The van der Waals surface area contributed by atoms with Crippen molar-refractivity contribution in [2.24, 2.45) is 14.1 Å². The first-order chi connectivity index (χ1) is 9.77. The average molecular weight is 396 g/mol. The van der Waals surface area contributed by atoms with Crippen molar-refractivity contribution in [1.82, 2.24) is 4.68 Å². The largest absolute Gasteiger partial charge is 1.00 e. The van der Waals surface area contributed by atoms with Crippen LogP contribution in [0.15, 0.2) is 36.4 Å². The molecule has 3 rings (SSSR count). The lowest BCUT2D eigenvalue weighted by atomic mass is 9.96. The van der Waals surface area contributed by atoms with E-state index in [1.165, 1.54) is 55.5 Å². The summed E-state index contributed by atoms with van der Waals surface area (Å²) in [6, 6.07) is 13.1. The van der Waals surface area contributed by atoms with Gasteiger partial charge in [-0.05, 0) is 25.0 Å². The smallest absolute Gasteiger partial charge is 0.238 e. The van der Waals surface area contributed by atoms with Crippen molar-refractivity contribution in [3.05, 3.63) is 42.1 Å². The molecule has 1 aromatic heterocycles. The molecule has 1 saturated carbocycles. The van der Waals surface area contributed by atoms with E-state index in [1.54, 1.807) is 0 Å². The number of aromatic nitrogens is 2. The van der Waals surface area contributed by atoms with Crippen molar-refractivity contribution in [2.45, 2.75) is 44.4 Å². The second-order valence-electron chi connectivity index (χ2n) is 6.06. The van der Waals surface area contributed by atoms with Crippen molar-refractivity contribution in [3.8, 4) is 11.3 Å². The van der Waals surface area contributed by atoms with Crippen LogP contribution in [0.5, 0.6) is 0 Å². The van der Waals surface area contributed by atoms with Crippen molar-refractivity contribution in [3.63, 3.8) is 0 Å². The first-order valence-electron chi connectivity index (χ1n) is 7.88. The molecule has 1 aliphatic carbocycles. The van der Waals surface area contributed by atoms with Crippen molar-refractivity contribution in [1.29, 1.82) is 0 Å². The Bertz CT molecular complexity index is 566. The van der Waals surface area contributed by atoms with Gasteiger partial charge in [0, 0.05) is 17.5 Å². The molecule has 1 aromatic carbocycles. The van der Waals surface area contributed by atoms with Gasteiger partial charge in [-0.2, -0.15) is 4.68 Å². The maximum atomic E-state index is 2.41. The Morgan fingerprint density at radius 3 is 2.24 bits per heavy atom. The molecule has 1 fully saturated rings. The van der Waals surface area contributed by atoms with Crippen LogP contribution in [0.25, 0.3) is 11.3 Å². The second-order valence-corrected chi connectivity index (χ2v) is 6.06. The van der Waals surface area contributed by atoms with Gasteiger partial charge in [0.05, 0.1) is 12.7 Å². The van der Waals surface area contributed by atoms with E-state index in [1.807, 2.05) is 0 Å². The van der Waals surface area contributed by atoms with E-state index in [2.05, 4.69) is 59.9 Å². The predicted molar refractivity (Wildman–Crippen MR) is 82.5 cm³/mol. The summed E-state index contributed by atoms with van der Waals surface area (Å²) in [7, 11) is 4.37. The Hall–Kier alpha value is -0.840. The number of nitrogens with zero attached hydrogens (tertiary/aromatic N) is 2. The lowest BCUT2D eigenvalue weighted by molar-refractivity contribution is -0.741. The van der Waals surface area contributed by atoms with Crippen LogP contribution < -0.4 is 28.7 Å². The summed E-state index contributed by atoms with van der Waals surface area (Å²) in [6.07, 6.45) is 8.32. The first-order valence-corrected chi connectivity index (χ1v) is 7.88. The van der Waals surface area contributed by atoms with Gasteiger partial charge in [-0.15, -0.1) is 4.68 Å². The van der Waals surface area contributed by atoms with E-state index < -0.39 is 0 Å². The van der Waals surface area contributed by atoms with Gasteiger partial charge in [-0.1, -0.05) is 43.9 Å². The Morgan fingerprint density at radius 2 is 1.62 bits per heavy atom. The van der Waals surface area contributed by atoms with Crippen molar-refractivity contribution < 1.29 is 28.7 Å². The number of halogens is 1. The normalized spacial score (nSPS) is 16.3. The minimum absolute atomic E-state index is 0. The van der Waals surface area contributed by atoms with Gasteiger partial charge in [-0.25, -0.2) is 0 Å². The van der Waals surface area contributed by atoms with Gasteiger partial charge in [0.2, 0.25) is 5.69 Å². The molecule has 0 aliphatic heterocycles. The van der Waals surface area contributed by atoms with E-state index >= 15 is 0 Å². The molecule has 2 aromatic rings. The molecule has 21 heavy (non-hydrogen) atoms. The van der Waals surface area contributed by atoms with E-state index in [0.29, 0.717) is 0 Å². The van der Waals surface area contributed by atoms with Crippen LogP contribution in [0.1, 0.15) is 50.1 Å². The van der Waals surface area contributed by atoms with Crippen molar-refractivity contribution >= 4 is 0 Å². The predicted octanol–water partition coefficient (Wildman–Crippen LogP) is 0.958. The number of benzene rings is 1. The van der Waals surface area contributed by atoms with Gasteiger partial charge in [0.25, 0.3) is 0 Å². The highest BCUT2D eigenvalue weighted by atomic mass is 127. The summed E-state index contributed by atoms with van der Waals surface area (Å²) in [6.45, 7) is 0. The first kappa shape index (κ1) is 16.5. The van der Waals surface area contributed by atoms with Gasteiger partial charge in [-0.3, -0.25) is 0 Å². The Balaban J connectivity index is 0.00000161. The Labute approximate surface area is 145 Å². The van der Waals surface area contributed by atoms with Crippen LogP contribution in [0, 0.1) is 0 Å². The minimum Gasteiger partial charge on any atom is -1.00 e. The Morgan fingerprint density at radius 1 is 1.00 bits per heavy atom. The minimum atomic E-state index is 0. The maximum absolute atomic E-state index is 2.41. The zero-order valence-corrected chi connectivity index (χ0v) is 15.2. The molecular formula is C18H25IN2. The van der Waals surface area contributed by atoms with Crippen LogP contribution >= 0.6 is 0 Å². The highest BCUT2D eigenvalue weighted by Crippen LogP contribution is 2.32. The van der Waals surface area contributed by atoms with E-state index in [0.717, 1.165) is 5.92 Å². The van der Waals surface area contributed by atoms with Gasteiger partial charge in [0.15, 0.2) is 7.05 Å². The molecule has 1 aliphatic rings. The van der Waals surface area contributed by atoms with Crippen LogP contribution in [0.4, 0.5) is 0 Å². The zero-order chi connectivity index (χ0) is 13.9.